The minimum Gasteiger partial charge on any atom is -0.324 e. The predicted octanol–water partition coefficient (Wildman–Crippen LogP) is 4.91. The second kappa shape index (κ2) is 5.83. The third kappa shape index (κ3) is 3.39. The van der Waals surface area contributed by atoms with Gasteiger partial charge < -0.3 is 5.73 Å². The Morgan fingerprint density at radius 3 is 2.50 bits per heavy atom. The van der Waals surface area contributed by atoms with E-state index < -0.39 is 23.6 Å². The summed E-state index contributed by atoms with van der Waals surface area (Å²) in [6.45, 7) is 0. The van der Waals surface area contributed by atoms with Gasteiger partial charge in [0.1, 0.15) is 5.82 Å². The Balaban J connectivity index is 2.29. The van der Waals surface area contributed by atoms with E-state index in [0.29, 0.717) is 6.07 Å². The van der Waals surface area contributed by atoms with Crippen LogP contribution < -0.4 is 5.73 Å². The van der Waals surface area contributed by atoms with E-state index >= 15 is 0 Å². The van der Waals surface area contributed by atoms with Crippen molar-refractivity contribution in [2.45, 2.75) is 18.6 Å². The van der Waals surface area contributed by atoms with Crippen LogP contribution in [-0.4, -0.2) is 0 Å². The Kier molecular flexibility index (Phi) is 4.51. The molecule has 0 saturated carbocycles. The summed E-state index contributed by atoms with van der Waals surface area (Å²) in [4.78, 5) is 0.870. The molecule has 0 amide bonds. The number of benzene rings is 1. The summed E-state index contributed by atoms with van der Waals surface area (Å²) >= 11 is 4.73. The monoisotopic (exact) mass is 367 g/mol. The summed E-state index contributed by atoms with van der Waals surface area (Å²) in [7, 11) is 0. The van der Waals surface area contributed by atoms with Crippen molar-refractivity contribution >= 4 is 27.3 Å². The van der Waals surface area contributed by atoms with Crippen LogP contribution in [0.5, 0.6) is 0 Å². The van der Waals surface area contributed by atoms with Crippen molar-refractivity contribution in [1.29, 1.82) is 0 Å². The van der Waals surface area contributed by atoms with Crippen molar-refractivity contribution in [3.8, 4) is 0 Å². The molecule has 0 saturated heterocycles. The normalized spacial score (nSPS) is 13.5. The van der Waals surface area contributed by atoms with Gasteiger partial charge in [-0.1, -0.05) is 0 Å². The van der Waals surface area contributed by atoms with E-state index in [2.05, 4.69) is 15.9 Å². The van der Waals surface area contributed by atoms with Gasteiger partial charge >= 0.3 is 6.18 Å². The van der Waals surface area contributed by atoms with Crippen LogP contribution in [0.3, 0.4) is 0 Å². The average Bonchev–Trinajstić information content (AvgIpc) is 2.74. The minimum absolute atomic E-state index is 0.125. The fourth-order valence-electron chi connectivity index (χ4n) is 1.78. The molecule has 0 aliphatic carbocycles. The summed E-state index contributed by atoms with van der Waals surface area (Å²) in [6.07, 6.45) is -4.23. The van der Waals surface area contributed by atoms with Crippen molar-refractivity contribution in [2.24, 2.45) is 5.73 Å². The first kappa shape index (κ1) is 15.5. The van der Waals surface area contributed by atoms with Gasteiger partial charge in [0, 0.05) is 27.4 Å². The summed E-state index contributed by atoms with van der Waals surface area (Å²) in [6, 6.07) is 3.29. The van der Waals surface area contributed by atoms with Gasteiger partial charge in [-0.2, -0.15) is 13.2 Å². The van der Waals surface area contributed by atoms with E-state index in [-0.39, 0.29) is 12.0 Å². The van der Waals surface area contributed by atoms with Crippen molar-refractivity contribution in [2.75, 3.05) is 0 Å². The molecule has 7 heteroatoms. The Bertz CT molecular complexity index is 609. The molecule has 0 fully saturated rings. The van der Waals surface area contributed by atoms with Crippen LogP contribution in [-0.2, 0) is 12.6 Å². The number of thiophene rings is 1. The van der Waals surface area contributed by atoms with Crippen molar-refractivity contribution in [1.82, 2.24) is 0 Å². The van der Waals surface area contributed by atoms with Crippen LogP contribution in [0.25, 0.3) is 0 Å². The van der Waals surface area contributed by atoms with Gasteiger partial charge in [0.15, 0.2) is 0 Å². The van der Waals surface area contributed by atoms with Gasteiger partial charge in [-0.25, -0.2) is 4.39 Å². The minimum atomic E-state index is -4.51. The fraction of sp³-hybridized carbons (Fsp3) is 0.231. The van der Waals surface area contributed by atoms with Gasteiger partial charge in [0.25, 0.3) is 0 Å². The smallest absolute Gasteiger partial charge is 0.324 e. The Morgan fingerprint density at radius 2 is 1.95 bits per heavy atom. The maximum atomic E-state index is 13.7. The molecule has 2 aromatic rings. The van der Waals surface area contributed by atoms with E-state index in [1.807, 2.05) is 11.4 Å². The molecule has 108 valence electrons. The quantitative estimate of drug-likeness (QED) is 0.766. The molecule has 2 rings (SSSR count). The molecule has 2 N–H and O–H groups in total. The van der Waals surface area contributed by atoms with Crippen LogP contribution in [0, 0.1) is 5.82 Å². The lowest BCUT2D eigenvalue weighted by molar-refractivity contribution is -0.137. The molecular formula is C13H10BrF4NS. The van der Waals surface area contributed by atoms with Gasteiger partial charge in [-0.3, -0.25) is 0 Å². The highest BCUT2D eigenvalue weighted by atomic mass is 79.9. The predicted molar refractivity (Wildman–Crippen MR) is 74.1 cm³/mol. The molecule has 0 spiro atoms. The topological polar surface area (TPSA) is 26.0 Å². The maximum absolute atomic E-state index is 13.7. The summed E-state index contributed by atoms with van der Waals surface area (Å²) in [5.74, 6) is -0.724. The average molecular weight is 368 g/mol. The van der Waals surface area contributed by atoms with Gasteiger partial charge in [-0.05, 0) is 45.6 Å². The SMILES string of the molecule is NC(Cc1sccc1Br)c1cc(C(F)(F)F)ccc1F. The molecule has 0 radical (unpaired) electrons. The number of rotatable bonds is 3. The third-order valence-corrected chi connectivity index (χ3v) is 4.77. The van der Waals surface area contributed by atoms with Crippen molar-refractivity contribution in [3.05, 3.63) is 55.9 Å². The highest BCUT2D eigenvalue weighted by molar-refractivity contribution is 9.10. The Labute approximate surface area is 125 Å². The van der Waals surface area contributed by atoms with Crippen LogP contribution >= 0.6 is 27.3 Å². The first-order chi connectivity index (χ1) is 9.29. The van der Waals surface area contributed by atoms with Gasteiger partial charge in [0.2, 0.25) is 0 Å². The third-order valence-electron chi connectivity index (χ3n) is 2.82. The molecule has 0 aliphatic rings. The molecule has 1 aromatic heterocycles. The highest BCUT2D eigenvalue weighted by Crippen LogP contribution is 2.33. The number of nitrogens with two attached hydrogens (primary N) is 1. The number of hydrogen-bond acceptors (Lipinski definition) is 2. The number of halogens is 5. The lowest BCUT2D eigenvalue weighted by atomic mass is 10.0. The van der Waals surface area contributed by atoms with E-state index in [1.54, 1.807) is 0 Å². The van der Waals surface area contributed by atoms with Crippen LogP contribution in [0.4, 0.5) is 17.6 Å². The Morgan fingerprint density at radius 1 is 1.25 bits per heavy atom. The van der Waals surface area contributed by atoms with E-state index in [9.17, 15) is 17.6 Å². The second-order valence-electron chi connectivity index (χ2n) is 4.24. The zero-order chi connectivity index (χ0) is 14.9. The first-order valence-corrected chi connectivity index (χ1v) is 7.30. The molecular weight excluding hydrogens is 358 g/mol. The van der Waals surface area contributed by atoms with Gasteiger partial charge in [0.05, 0.1) is 5.56 Å². The van der Waals surface area contributed by atoms with Crippen LogP contribution in [0.2, 0.25) is 0 Å². The molecule has 0 aliphatic heterocycles. The fourth-order valence-corrected chi connectivity index (χ4v) is 3.36. The molecule has 1 heterocycles. The van der Waals surface area contributed by atoms with Crippen molar-refractivity contribution < 1.29 is 17.6 Å². The zero-order valence-corrected chi connectivity index (χ0v) is 12.4. The van der Waals surface area contributed by atoms with Crippen LogP contribution in [0.1, 0.15) is 22.0 Å². The second-order valence-corrected chi connectivity index (χ2v) is 6.09. The lowest BCUT2D eigenvalue weighted by Gasteiger charge is -2.15. The number of alkyl halides is 3. The largest absolute Gasteiger partial charge is 0.416 e. The molecule has 1 nitrogen and oxygen atoms in total. The summed E-state index contributed by atoms with van der Waals surface area (Å²) < 4.78 is 52.4. The van der Waals surface area contributed by atoms with E-state index in [0.717, 1.165) is 21.5 Å². The maximum Gasteiger partial charge on any atom is 0.416 e. The van der Waals surface area contributed by atoms with E-state index in [1.165, 1.54) is 11.3 Å². The lowest BCUT2D eigenvalue weighted by Crippen LogP contribution is -2.16. The van der Waals surface area contributed by atoms with Gasteiger partial charge in [-0.15, -0.1) is 11.3 Å². The standard InChI is InChI=1S/C13H10BrF4NS/c14-9-3-4-20-12(9)6-11(19)8-5-7(13(16,17)18)1-2-10(8)15/h1-5,11H,6,19H2. The number of hydrogen-bond donors (Lipinski definition) is 1. The molecule has 20 heavy (non-hydrogen) atoms. The molecule has 0 bridgehead atoms. The summed E-state index contributed by atoms with van der Waals surface area (Å²) in [5, 5.41) is 1.83. The molecule has 1 atom stereocenters. The molecule has 1 unspecified atom stereocenters. The Hall–Kier alpha value is -0.920. The molecule has 1 aromatic carbocycles. The highest BCUT2D eigenvalue weighted by Gasteiger charge is 2.31. The zero-order valence-electron chi connectivity index (χ0n) is 10.0. The van der Waals surface area contributed by atoms with Crippen LogP contribution in [0.15, 0.2) is 34.1 Å². The summed E-state index contributed by atoms with van der Waals surface area (Å²) in [5.41, 5.74) is 4.83. The van der Waals surface area contributed by atoms with E-state index in [4.69, 9.17) is 5.73 Å². The first-order valence-electron chi connectivity index (χ1n) is 5.63. The van der Waals surface area contributed by atoms with Crippen molar-refractivity contribution in [3.63, 3.8) is 0 Å².